The van der Waals surface area contributed by atoms with Gasteiger partial charge in [0.25, 0.3) is 11.8 Å². The summed E-state index contributed by atoms with van der Waals surface area (Å²) in [5.74, 6) is 0.607. The van der Waals surface area contributed by atoms with Crippen molar-refractivity contribution in [1.29, 1.82) is 0 Å². The molecule has 4 aromatic rings. The van der Waals surface area contributed by atoms with Gasteiger partial charge in [-0.1, -0.05) is 28.4 Å². The van der Waals surface area contributed by atoms with E-state index in [1.807, 2.05) is 6.92 Å². The van der Waals surface area contributed by atoms with Gasteiger partial charge in [-0.2, -0.15) is 10.1 Å². The molecule has 0 aliphatic carbocycles. The van der Waals surface area contributed by atoms with E-state index in [1.54, 1.807) is 43.5 Å². The summed E-state index contributed by atoms with van der Waals surface area (Å²) in [6.07, 6.45) is 1.57. The Balaban J connectivity index is 1.77. The third-order valence-electron chi connectivity index (χ3n) is 4.15. The first-order valence-electron chi connectivity index (χ1n) is 8.62. The highest BCUT2D eigenvalue weighted by molar-refractivity contribution is 9.10. The van der Waals surface area contributed by atoms with Gasteiger partial charge in [0.2, 0.25) is 0 Å². The summed E-state index contributed by atoms with van der Waals surface area (Å²) < 4.78 is 7.10. The monoisotopic (exact) mass is 506 g/mol. The lowest BCUT2D eigenvalue weighted by Gasteiger charge is -2.13. The number of nitrogens with zero attached hydrogens (tertiary/aromatic N) is 5. The van der Waals surface area contributed by atoms with E-state index in [-0.39, 0.29) is 11.6 Å². The summed E-state index contributed by atoms with van der Waals surface area (Å²) in [5, 5.41) is 11.8. The molecule has 0 saturated heterocycles. The Bertz CT molecular complexity index is 1270. The normalized spacial score (nSPS) is 11.0. The smallest absolute Gasteiger partial charge is 0.274 e. The molecule has 152 valence electrons. The van der Waals surface area contributed by atoms with Gasteiger partial charge in [-0.15, -0.1) is 0 Å². The first-order valence-corrected chi connectivity index (χ1v) is 10.2. The minimum Gasteiger partial charge on any atom is -0.334 e. The molecule has 30 heavy (non-hydrogen) atoms. The molecule has 0 spiro atoms. The first-order chi connectivity index (χ1) is 14.3. The number of nitrogens with one attached hydrogen (secondary N) is 1. The summed E-state index contributed by atoms with van der Waals surface area (Å²) in [7, 11) is 0. The molecule has 0 fully saturated rings. The van der Waals surface area contributed by atoms with E-state index in [2.05, 4.69) is 41.5 Å². The molecule has 0 atom stereocenters. The van der Waals surface area contributed by atoms with Crippen LogP contribution in [-0.2, 0) is 0 Å². The summed E-state index contributed by atoms with van der Waals surface area (Å²) >= 11 is 15.8. The lowest BCUT2D eigenvalue weighted by atomic mass is 10.1. The Hall–Kier alpha value is -2.75. The topological polar surface area (TPSA) is 98.7 Å². The van der Waals surface area contributed by atoms with Crippen LogP contribution in [0.15, 0.2) is 45.7 Å². The lowest BCUT2D eigenvalue weighted by Crippen LogP contribution is -2.18. The van der Waals surface area contributed by atoms with Gasteiger partial charge in [-0.3, -0.25) is 4.79 Å². The number of benzene rings is 1. The van der Waals surface area contributed by atoms with E-state index in [4.69, 9.17) is 27.7 Å². The van der Waals surface area contributed by atoms with Crippen LogP contribution >= 0.6 is 39.1 Å². The second-order valence-corrected chi connectivity index (χ2v) is 7.98. The summed E-state index contributed by atoms with van der Waals surface area (Å²) in [6.45, 7) is 3.52. The van der Waals surface area contributed by atoms with Gasteiger partial charge in [0, 0.05) is 17.3 Å². The van der Waals surface area contributed by atoms with Crippen molar-refractivity contribution in [2.45, 2.75) is 13.8 Å². The van der Waals surface area contributed by atoms with Crippen molar-refractivity contribution in [3.63, 3.8) is 0 Å². The molecule has 0 bridgehead atoms. The van der Waals surface area contributed by atoms with Crippen molar-refractivity contribution in [1.82, 2.24) is 24.9 Å². The SMILES string of the molecule is Cc1noc(-c2cc(Cl)cc(C)c2NC(=O)c2cc(Br)nn2-c2ncccc2Cl)n1. The number of halogens is 3. The Morgan fingerprint density at radius 2 is 2.03 bits per heavy atom. The molecule has 4 rings (SSSR count). The largest absolute Gasteiger partial charge is 0.334 e. The van der Waals surface area contributed by atoms with Crippen molar-refractivity contribution in [2.75, 3.05) is 5.32 Å². The number of carbonyl (C=O) groups is 1. The van der Waals surface area contributed by atoms with E-state index in [1.165, 1.54) is 4.68 Å². The lowest BCUT2D eigenvalue weighted by molar-refractivity contribution is 0.101. The second-order valence-electron chi connectivity index (χ2n) is 6.32. The number of carbonyl (C=O) groups excluding carboxylic acids is 1. The van der Waals surface area contributed by atoms with Gasteiger partial charge in [-0.05, 0) is 59.6 Å². The van der Waals surface area contributed by atoms with Gasteiger partial charge < -0.3 is 9.84 Å². The van der Waals surface area contributed by atoms with Gasteiger partial charge in [0.1, 0.15) is 10.3 Å². The van der Waals surface area contributed by atoms with E-state index < -0.39 is 5.91 Å². The predicted molar refractivity (Wildman–Crippen MR) is 116 cm³/mol. The standard InChI is InChI=1S/C19H13BrCl2N6O2/c1-9-6-11(21)7-12(19-24-10(2)27-30-19)16(9)25-18(29)14-8-15(20)26-28(14)17-13(22)4-3-5-23-17/h3-8H,1-2H3,(H,25,29). The Morgan fingerprint density at radius 3 is 2.73 bits per heavy atom. The van der Waals surface area contributed by atoms with E-state index in [0.717, 1.165) is 5.56 Å². The molecule has 0 aliphatic heterocycles. The fourth-order valence-corrected chi connectivity index (χ4v) is 3.72. The Kier molecular flexibility index (Phi) is 5.59. The maximum Gasteiger partial charge on any atom is 0.274 e. The quantitative estimate of drug-likeness (QED) is 0.404. The maximum absolute atomic E-state index is 13.2. The number of anilines is 1. The van der Waals surface area contributed by atoms with Crippen molar-refractivity contribution >= 4 is 50.7 Å². The van der Waals surface area contributed by atoms with Gasteiger partial charge in [0.05, 0.1) is 16.3 Å². The fraction of sp³-hybridized carbons (Fsp3) is 0.105. The molecule has 8 nitrogen and oxygen atoms in total. The zero-order valence-electron chi connectivity index (χ0n) is 15.7. The number of amides is 1. The third-order valence-corrected chi connectivity index (χ3v) is 5.05. The van der Waals surface area contributed by atoms with Crippen LogP contribution in [0.5, 0.6) is 0 Å². The zero-order chi connectivity index (χ0) is 21.4. The zero-order valence-corrected chi connectivity index (χ0v) is 18.7. The Labute approximate surface area is 189 Å². The van der Waals surface area contributed by atoms with Crippen LogP contribution in [0.2, 0.25) is 10.0 Å². The van der Waals surface area contributed by atoms with Crippen molar-refractivity contribution in [3.05, 3.63) is 68.3 Å². The highest BCUT2D eigenvalue weighted by Crippen LogP contribution is 2.34. The van der Waals surface area contributed by atoms with Crippen LogP contribution < -0.4 is 5.32 Å². The number of aromatic nitrogens is 5. The van der Waals surface area contributed by atoms with Crippen LogP contribution in [0.25, 0.3) is 17.3 Å². The summed E-state index contributed by atoms with van der Waals surface area (Å²) in [4.78, 5) is 21.7. The number of hydrogen-bond donors (Lipinski definition) is 1. The van der Waals surface area contributed by atoms with Gasteiger partial charge in [-0.25, -0.2) is 9.67 Å². The predicted octanol–water partition coefficient (Wildman–Crippen LogP) is 5.26. The molecular formula is C19H13BrCl2N6O2. The van der Waals surface area contributed by atoms with Crippen molar-refractivity contribution in [3.8, 4) is 17.3 Å². The molecule has 0 unspecified atom stereocenters. The van der Waals surface area contributed by atoms with E-state index in [9.17, 15) is 4.79 Å². The van der Waals surface area contributed by atoms with E-state index in [0.29, 0.717) is 37.5 Å². The first kappa shape index (κ1) is 20.5. The minimum atomic E-state index is -0.433. The molecule has 11 heteroatoms. The number of pyridine rings is 1. The molecule has 1 aromatic carbocycles. The van der Waals surface area contributed by atoms with Crippen LogP contribution in [0.4, 0.5) is 5.69 Å². The van der Waals surface area contributed by atoms with Crippen LogP contribution in [0.1, 0.15) is 21.9 Å². The van der Waals surface area contributed by atoms with Crippen LogP contribution in [0, 0.1) is 13.8 Å². The van der Waals surface area contributed by atoms with Crippen LogP contribution in [-0.4, -0.2) is 30.8 Å². The fourth-order valence-electron chi connectivity index (χ4n) is 2.87. The molecule has 0 radical (unpaired) electrons. The third kappa shape index (κ3) is 3.96. The summed E-state index contributed by atoms with van der Waals surface area (Å²) in [5.41, 5.74) is 1.95. The average molecular weight is 508 g/mol. The Morgan fingerprint density at radius 1 is 1.23 bits per heavy atom. The molecular weight excluding hydrogens is 495 g/mol. The maximum atomic E-state index is 13.2. The van der Waals surface area contributed by atoms with Crippen LogP contribution in [0.3, 0.4) is 0 Å². The number of aryl methyl sites for hydroxylation is 2. The molecule has 0 saturated carbocycles. The van der Waals surface area contributed by atoms with Crippen molar-refractivity contribution in [2.24, 2.45) is 0 Å². The highest BCUT2D eigenvalue weighted by Gasteiger charge is 2.22. The summed E-state index contributed by atoms with van der Waals surface area (Å²) in [6, 6.07) is 8.31. The molecule has 3 aromatic heterocycles. The van der Waals surface area contributed by atoms with Crippen molar-refractivity contribution < 1.29 is 9.32 Å². The van der Waals surface area contributed by atoms with Gasteiger partial charge in [0.15, 0.2) is 11.6 Å². The second kappa shape index (κ2) is 8.17. The molecule has 0 aliphatic rings. The highest BCUT2D eigenvalue weighted by atomic mass is 79.9. The molecule has 1 amide bonds. The average Bonchev–Trinajstić information content (AvgIpc) is 3.29. The number of hydrogen-bond acceptors (Lipinski definition) is 6. The molecule has 1 N–H and O–H groups in total. The molecule has 3 heterocycles. The van der Waals surface area contributed by atoms with Gasteiger partial charge >= 0.3 is 0 Å². The van der Waals surface area contributed by atoms with E-state index >= 15 is 0 Å². The number of rotatable bonds is 4. The minimum absolute atomic E-state index is 0.226.